The molecule has 0 unspecified atom stereocenters. The Bertz CT molecular complexity index is 307. The van der Waals surface area contributed by atoms with E-state index in [4.69, 9.17) is 0 Å². The van der Waals surface area contributed by atoms with Crippen LogP contribution in [0.25, 0.3) is 0 Å². The first-order chi connectivity index (χ1) is 7.13. The Hall–Kier alpha value is -1.32. The predicted molar refractivity (Wildman–Crippen MR) is 64.2 cm³/mol. The minimum Gasteiger partial charge on any atom is -0.365 e. The van der Waals surface area contributed by atoms with Crippen LogP contribution in [0.15, 0.2) is 12.3 Å². The smallest absolute Gasteiger partial charge is 0.224 e. The standard InChI is InChI=1S/C11H20N4/c1-5-11(3,6-2)15-9-7-8-13-10(12-4)14-9/h7-8H,5-6H2,1-4H3,(H2,12,13,14,15). The first kappa shape index (κ1) is 11.8. The van der Waals surface area contributed by atoms with Crippen molar-refractivity contribution in [3.63, 3.8) is 0 Å². The number of nitrogens with one attached hydrogen (secondary N) is 2. The lowest BCUT2D eigenvalue weighted by Crippen LogP contribution is -2.33. The molecular weight excluding hydrogens is 188 g/mol. The molecule has 2 N–H and O–H groups in total. The molecule has 1 rings (SSSR count). The quantitative estimate of drug-likeness (QED) is 0.780. The third-order valence-electron chi connectivity index (χ3n) is 2.87. The van der Waals surface area contributed by atoms with Crippen LogP contribution in [0.1, 0.15) is 33.6 Å². The molecule has 0 aliphatic heterocycles. The molecule has 0 bridgehead atoms. The van der Waals surface area contributed by atoms with Crippen LogP contribution in [0.5, 0.6) is 0 Å². The normalized spacial score (nSPS) is 11.2. The van der Waals surface area contributed by atoms with E-state index in [1.807, 2.05) is 13.1 Å². The maximum absolute atomic E-state index is 4.34. The van der Waals surface area contributed by atoms with E-state index in [1.54, 1.807) is 6.20 Å². The van der Waals surface area contributed by atoms with Crippen LogP contribution in [-0.2, 0) is 0 Å². The van der Waals surface area contributed by atoms with Gasteiger partial charge in [0, 0.05) is 18.8 Å². The van der Waals surface area contributed by atoms with Gasteiger partial charge in [0.25, 0.3) is 0 Å². The Balaban J connectivity index is 2.79. The highest BCUT2D eigenvalue weighted by molar-refractivity contribution is 5.41. The number of rotatable bonds is 5. The summed E-state index contributed by atoms with van der Waals surface area (Å²) in [5, 5.41) is 6.37. The number of anilines is 2. The molecule has 4 nitrogen and oxygen atoms in total. The lowest BCUT2D eigenvalue weighted by atomic mass is 9.96. The highest BCUT2D eigenvalue weighted by Crippen LogP contribution is 2.20. The van der Waals surface area contributed by atoms with Gasteiger partial charge >= 0.3 is 0 Å². The zero-order valence-electron chi connectivity index (χ0n) is 9.96. The molecule has 0 saturated carbocycles. The lowest BCUT2D eigenvalue weighted by Gasteiger charge is -2.28. The van der Waals surface area contributed by atoms with Crippen molar-refractivity contribution in [3.8, 4) is 0 Å². The summed E-state index contributed by atoms with van der Waals surface area (Å²) in [4.78, 5) is 8.42. The van der Waals surface area contributed by atoms with Crippen LogP contribution in [0.3, 0.4) is 0 Å². The van der Waals surface area contributed by atoms with Gasteiger partial charge in [-0.25, -0.2) is 4.98 Å². The van der Waals surface area contributed by atoms with Crippen LogP contribution in [0.4, 0.5) is 11.8 Å². The maximum atomic E-state index is 4.34. The average Bonchev–Trinajstić information content (AvgIpc) is 2.29. The fraction of sp³-hybridized carbons (Fsp3) is 0.636. The Morgan fingerprint density at radius 2 is 2.00 bits per heavy atom. The first-order valence-electron chi connectivity index (χ1n) is 5.42. The Morgan fingerprint density at radius 3 is 2.53 bits per heavy atom. The maximum Gasteiger partial charge on any atom is 0.224 e. The molecule has 0 aliphatic carbocycles. The molecule has 0 radical (unpaired) electrons. The summed E-state index contributed by atoms with van der Waals surface area (Å²) in [6.45, 7) is 6.56. The van der Waals surface area contributed by atoms with Crippen LogP contribution in [0.2, 0.25) is 0 Å². The van der Waals surface area contributed by atoms with E-state index in [0.717, 1.165) is 18.7 Å². The van der Waals surface area contributed by atoms with Gasteiger partial charge in [0.2, 0.25) is 5.95 Å². The molecule has 0 spiro atoms. The minimum atomic E-state index is 0.110. The molecule has 0 fully saturated rings. The molecule has 0 aromatic carbocycles. The van der Waals surface area contributed by atoms with Crippen LogP contribution in [0, 0.1) is 0 Å². The van der Waals surface area contributed by atoms with Crippen molar-refractivity contribution in [1.82, 2.24) is 9.97 Å². The van der Waals surface area contributed by atoms with Gasteiger partial charge in [0.1, 0.15) is 5.82 Å². The molecule has 0 aliphatic rings. The topological polar surface area (TPSA) is 49.8 Å². The van der Waals surface area contributed by atoms with Crippen molar-refractivity contribution >= 4 is 11.8 Å². The van der Waals surface area contributed by atoms with E-state index >= 15 is 0 Å². The van der Waals surface area contributed by atoms with Gasteiger partial charge in [-0.1, -0.05) is 13.8 Å². The average molecular weight is 208 g/mol. The molecule has 15 heavy (non-hydrogen) atoms. The van der Waals surface area contributed by atoms with Crippen molar-refractivity contribution in [2.75, 3.05) is 17.7 Å². The monoisotopic (exact) mass is 208 g/mol. The highest BCUT2D eigenvalue weighted by atomic mass is 15.1. The van der Waals surface area contributed by atoms with Gasteiger partial charge in [-0.3, -0.25) is 0 Å². The van der Waals surface area contributed by atoms with Gasteiger partial charge in [-0.15, -0.1) is 0 Å². The van der Waals surface area contributed by atoms with Gasteiger partial charge < -0.3 is 10.6 Å². The van der Waals surface area contributed by atoms with Crippen molar-refractivity contribution in [2.45, 2.75) is 39.2 Å². The van der Waals surface area contributed by atoms with Gasteiger partial charge in [-0.2, -0.15) is 4.98 Å². The molecule has 84 valence electrons. The third kappa shape index (κ3) is 3.08. The van der Waals surface area contributed by atoms with Crippen molar-refractivity contribution < 1.29 is 0 Å². The van der Waals surface area contributed by atoms with Crippen molar-refractivity contribution in [2.24, 2.45) is 0 Å². The second kappa shape index (κ2) is 4.96. The largest absolute Gasteiger partial charge is 0.365 e. The Kier molecular flexibility index (Phi) is 3.88. The molecule has 1 aromatic rings. The van der Waals surface area contributed by atoms with E-state index in [-0.39, 0.29) is 5.54 Å². The van der Waals surface area contributed by atoms with Crippen LogP contribution < -0.4 is 10.6 Å². The molecule has 0 saturated heterocycles. The van der Waals surface area contributed by atoms with E-state index in [9.17, 15) is 0 Å². The summed E-state index contributed by atoms with van der Waals surface area (Å²) in [7, 11) is 1.82. The Labute approximate surface area is 91.5 Å². The van der Waals surface area contributed by atoms with E-state index in [2.05, 4.69) is 41.4 Å². The summed E-state index contributed by atoms with van der Waals surface area (Å²) >= 11 is 0. The number of hydrogen-bond donors (Lipinski definition) is 2. The summed E-state index contributed by atoms with van der Waals surface area (Å²) < 4.78 is 0. The van der Waals surface area contributed by atoms with Gasteiger partial charge in [-0.05, 0) is 25.8 Å². The van der Waals surface area contributed by atoms with E-state index < -0.39 is 0 Å². The predicted octanol–water partition coefficient (Wildman–Crippen LogP) is 2.51. The van der Waals surface area contributed by atoms with Crippen LogP contribution >= 0.6 is 0 Å². The molecule has 0 amide bonds. The first-order valence-corrected chi connectivity index (χ1v) is 5.42. The summed E-state index contributed by atoms with van der Waals surface area (Å²) in [5.41, 5.74) is 0.110. The summed E-state index contributed by atoms with van der Waals surface area (Å²) in [6, 6.07) is 1.89. The second-order valence-electron chi connectivity index (χ2n) is 3.91. The molecule has 0 atom stereocenters. The second-order valence-corrected chi connectivity index (χ2v) is 3.91. The zero-order chi connectivity index (χ0) is 11.3. The Morgan fingerprint density at radius 1 is 1.33 bits per heavy atom. The lowest BCUT2D eigenvalue weighted by molar-refractivity contribution is 0.476. The van der Waals surface area contributed by atoms with Crippen LogP contribution in [-0.4, -0.2) is 22.6 Å². The van der Waals surface area contributed by atoms with Gasteiger partial charge in [0.15, 0.2) is 0 Å². The molecule has 1 aromatic heterocycles. The fourth-order valence-corrected chi connectivity index (χ4v) is 1.28. The number of nitrogens with zero attached hydrogens (tertiary/aromatic N) is 2. The summed E-state index contributed by atoms with van der Waals surface area (Å²) in [5.74, 6) is 1.52. The van der Waals surface area contributed by atoms with Gasteiger partial charge in [0.05, 0.1) is 0 Å². The minimum absolute atomic E-state index is 0.110. The SMILES string of the molecule is CCC(C)(CC)Nc1ccnc(NC)n1. The van der Waals surface area contributed by atoms with E-state index in [0.29, 0.717) is 5.95 Å². The molecule has 1 heterocycles. The number of hydrogen-bond acceptors (Lipinski definition) is 4. The fourth-order valence-electron chi connectivity index (χ4n) is 1.28. The number of aromatic nitrogens is 2. The highest BCUT2D eigenvalue weighted by Gasteiger charge is 2.19. The summed E-state index contributed by atoms with van der Waals surface area (Å²) in [6.07, 6.45) is 3.90. The van der Waals surface area contributed by atoms with Crippen molar-refractivity contribution in [3.05, 3.63) is 12.3 Å². The third-order valence-corrected chi connectivity index (χ3v) is 2.87. The van der Waals surface area contributed by atoms with E-state index in [1.165, 1.54) is 0 Å². The molecular formula is C11H20N4. The van der Waals surface area contributed by atoms with Crippen molar-refractivity contribution in [1.29, 1.82) is 0 Å². The molecule has 4 heteroatoms. The zero-order valence-corrected chi connectivity index (χ0v) is 9.96.